The number of nitrogens with zero attached hydrogens (tertiary/aromatic N) is 3. The third-order valence-corrected chi connectivity index (χ3v) is 5.23. The van der Waals surface area contributed by atoms with Crippen molar-refractivity contribution in [3.8, 4) is 17.0 Å². The van der Waals surface area contributed by atoms with E-state index in [2.05, 4.69) is 10.3 Å². The fraction of sp³-hybridized carbons (Fsp3) is 0.286. The number of pyridine rings is 1. The molecule has 1 amide bonds. The smallest absolute Gasteiger partial charge is 0.252 e. The summed E-state index contributed by atoms with van der Waals surface area (Å²) in [4.78, 5) is 15.7. The third kappa shape index (κ3) is 4.10. The van der Waals surface area contributed by atoms with Gasteiger partial charge < -0.3 is 20.5 Å². The van der Waals surface area contributed by atoms with Crippen molar-refractivity contribution in [2.45, 2.75) is 18.9 Å². The molecule has 3 heterocycles. The van der Waals surface area contributed by atoms with E-state index in [1.165, 1.54) is 6.20 Å². The molecule has 1 atom stereocenters. The number of ether oxygens (including phenoxy) is 2. The molecule has 156 valence electrons. The van der Waals surface area contributed by atoms with Crippen LogP contribution in [0.2, 0.25) is 5.15 Å². The van der Waals surface area contributed by atoms with Gasteiger partial charge in [0.1, 0.15) is 5.15 Å². The third-order valence-electron chi connectivity index (χ3n) is 5.02. The van der Waals surface area contributed by atoms with Crippen LogP contribution in [-0.2, 0) is 4.74 Å². The molecule has 1 saturated heterocycles. The number of benzene rings is 1. The van der Waals surface area contributed by atoms with Crippen molar-refractivity contribution < 1.29 is 14.3 Å². The zero-order valence-corrected chi connectivity index (χ0v) is 17.2. The van der Waals surface area contributed by atoms with Gasteiger partial charge in [0.15, 0.2) is 5.75 Å². The Morgan fingerprint density at radius 3 is 2.97 bits per heavy atom. The number of anilines is 2. The molecule has 1 aromatic carbocycles. The first kappa shape index (κ1) is 20.2. The molecule has 1 unspecified atom stereocenters. The normalized spacial score (nSPS) is 16.3. The first-order valence-corrected chi connectivity index (χ1v) is 9.97. The summed E-state index contributed by atoms with van der Waals surface area (Å²) in [5, 5.41) is 8.18. The monoisotopic (exact) mass is 427 g/mol. The van der Waals surface area contributed by atoms with Crippen molar-refractivity contribution in [2.75, 3.05) is 25.6 Å². The Hall–Kier alpha value is -3.10. The molecular formula is C21H22ClN5O3. The molecule has 9 heteroatoms. The molecule has 8 nitrogen and oxygen atoms in total. The van der Waals surface area contributed by atoms with Crippen LogP contribution in [0.3, 0.4) is 0 Å². The van der Waals surface area contributed by atoms with E-state index in [0.29, 0.717) is 23.7 Å². The van der Waals surface area contributed by atoms with Gasteiger partial charge in [-0.2, -0.15) is 5.10 Å². The number of primary amides is 1. The summed E-state index contributed by atoms with van der Waals surface area (Å²) in [6, 6.07) is 9.39. The maximum Gasteiger partial charge on any atom is 0.252 e. The van der Waals surface area contributed by atoms with E-state index in [1.54, 1.807) is 13.2 Å². The highest BCUT2D eigenvalue weighted by Gasteiger charge is 2.19. The van der Waals surface area contributed by atoms with Crippen LogP contribution >= 0.6 is 11.6 Å². The predicted octanol–water partition coefficient (Wildman–Crippen LogP) is 3.80. The maximum atomic E-state index is 11.8. The van der Waals surface area contributed by atoms with Crippen LogP contribution in [0.15, 0.2) is 42.7 Å². The van der Waals surface area contributed by atoms with Crippen molar-refractivity contribution in [2.24, 2.45) is 5.73 Å². The van der Waals surface area contributed by atoms with Crippen LogP contribution in [0.4, 0.5) is 11.4 Å². The van der Waals surface area contributed by atoms with Gasteiger partial charge in [0.05, 0.1) is 42.4 Å². The summed E-state index contributed by atoms with van der Waals surface area (Å²) in [6.07, 6.45) is 5.37. The number of halogens is 1. The number of para-hydroxylation sites is 1. The Labute approximate surface area is 179 Å². The van der Waals surface area contributed by atoms with Gasteiger partial charge >= 0.3 is 0 Å². The summed E-state index contributed by atoms with van der Waals surface area (Å²) in [5.74, 6) is -0.0174. The molecule has 2 aromatic heterocycles. The van der Waals surface area contributed by atoms with E-state index >= 15 is 0 Å². The lowest BCUT2D eigenvalue weighted by molar-refractivity contribution is 0.0550. The average molecular weight is 428 g/mol. The number of nitrogens with two attached hydrogens (primary N) is 1. The highest BCUT2D eigenvalue weighted by Crippen LogP contribution is 2.38. The summed E-state index contributed by atoms with van der Waals surface area (Å²) in [5.41, 5.74) is 8.39. The molecule has 1 aliphatic heterocycles. The number of aromatic nitrogens is 3. The van der Waals surface area contributed by atoms with Gasteiger partial charge in [-0.15, -0.1) is 0 Å². The quantitative estimate of drug-likeness (QED) is 0.580. The Morgan fingerprint density at radius 1 is 1.37 bits per heavy atom. The predicted molar refractivity (Wildman–Crippen MR) is 114 cm³/mol. The van der Waals surface area contributed by atoms with E-state index in [9.17, 15) is 4.79 Å². The number of carbonyl (C=O) groups is 1. The van der Waals surface area contributed by atoms with Gasteiger partial charge in [-0.1, -0.05) is 17.7 Å². The van der Waals surface area contributed by atoms with E-state index < -0.39 is 5.91 Å². The van der Waals surface area contributed by atoms with Crippen LogP contribution < -0.4 is 15.8 Å². The van der Waals surface area contributed by atoms with Gasteiger partial charge in [0.25, 0.3) is 5.91 Å². The fourth-order valence-electron chi connectivity index (χ4n) is 3.55. The summed E-state index contributed by atoms with van der Waals surface area (Å²) in [7, 11) is 1.59. The molecule has 30 heavy (non-hydrogen) atoms. The lowest BCUT2D eigenvalue weighted by atomic mass is 10.1. The molecule has 3 aromatic rings. The van der Waals surface area contributed by atoms with E-state index in [1.807, 2.05) is 35.1 Å². The number of amides is 1. The molecule has 3 N–H and O–H groups in total. The van der Waals surface area contributed by atoms with Crippen LogP contribution in [0.25, 0.3) is 11.3 Å². The first-order chi connectivity index (χ1) is 14.6. The van der Waals surface area contributed by atoms with Gasteiger partial charge in [0, 0.05) is 24.6 Å². The van der Waals surface area contributed by atoms with Crippen LogP contribution in [-0.4, -0.2) is 41.0 Å². The van der Waals surface area contributed by atoms with Crippen molar-refractivity contribution in [1.29, 1.82) is 0 Å². The molecule has 4 rings (SSSR count). The van der Waals surface area contributed by atoms with Crippen molar-refractivity contribution >= 4 is 28.9 Å². The minimum Gasteiger partial charge on any atom is -0.494 e. The lowest BCUT2D eigenvalue weighted by Crippen LogP contribution is -2.21. The highest BCUT2D eigenvalue weighted by atomic mass is 35.5. The van der Waals surface area contributed by atoms with Gasteiger partial charge in [-0.25, -0.2) is 4.98 Å². The van der Waals surface area contributed by atoms with Crippen molar-refractivity contribution in [1.82, 2.24) is 14.8 Å². The minimum absolute atomic E-state index is 0.230. The topological polar surface area (TPSA) is 104 Å². The molecule has 0 spiro atoms. The summed E-state index contributed by atoms with van der Waals surface area (Å²) < 4.78 is 13.2. The van der Waals surface area contributed by atoms with Crippen molar-refractivity contribution in [3.63, 3.8) is 0 Å². The van der Waals surface area contributed by atoms with Crippen molar-refractivity contribution in [3.05, 3.63) is 53.4 Å². The molecular weight excluding hydrogens is 406 g/mol. The van der Waals surface area contributed by atoms with E-state index in [-0.39, 0.29) is 16.8 Å². The van der Waals surface area contributed by atoms with Gasteiger partial charge in [0.2, 0.25) is 0 Å². The van der Waals surface area contributed by atoms with Crippen LogP contribution in [0, 0.1) is 0 Å². The minimum atomic E-state index is -0.606. The van der Waals surface area contributed by atoms with Gasteiger partial charge in [-0.05, 0) is 37.1 Å². The maximum absolute atomic E-state index is 11.8. The Bertz CT molecular complexity index is 1060. The second kappa shape index (κ2) is 8.73. The lowest BCUT2D eigenvalue weighted by Gasteiger charge is -2.22. The molecule has 0 bridgehead atoms. The SMILES string of the molecule is COc1c(Nc2cc(Cl)ncc2C(N)=O)cccc1-c1ccn(C2CCCOC2)n1. The zero-order chi connectivity index (χ0) is 21.1. The second-order valence-electron chi connectivity index (χ2n) is 6.98. The fourth-order valence-corrected chi connectivity index (χ4v) is 3.71. The Balaban J connectivity index is 1.68. The number of hydrogen-bond donors (Lipinski definition) is 2. The van der Waals surface area contributed by atoms with E-state index in [4.69, 9.17) is 31.9 Å². The Kier molecular flexibility index (Phi) is 5.87. The number of nitrogens with one attached hydrogen (secondary N) is 1. The number of rotatable bonds is 6. The van der Waals surface area contributed by atoms with E-state index in [0.717, 1.165) is 30.7 Å². The molecule has 0 saturated carbocycles. The Morgan fingerprint density at radius 2 is 2.23 bits per heavy atom. The molecule has 0 radical (unpaired) electrons. The highest BCUT2D eigenvalue weighted by molar-refractivity contribution is 6.29. The average Bonchev–Trinajstić information content (AvgIpc) is 3.24. The number of methoxy groups -OCH3 is 1. The van der Waals surface area contributed by atoms with Crippen LogP contribution in [0.5, 0.6) is 5.75 Å². The molecule has 1 aliphatic rings. The molecule has 0 aliphatic carbocycles. The van der Waals surface area contributed by atoms with Gasteiger partial charge in [-0.3, -0.25) is 9.48 Å². The second-order valence-corrected chi connectivity index (χ2v) is 7.37. The number of carbonyl (C=O) groups excluding carboxylic acids is 1. The molecule has 1 fully saturated rings. The van der Waals surface area contributed by atoms with Crippen LogP contribution in [0.1, 0.15) is 29.2 Å². The first-order valence-electron chi connectivity index (χ1n) is 9.59. The largest absolute Gasteiger partial charge is 0.494 e. The number of hydrogen-bond acceptors (Lipinski definition) is 6. The standard InChI is InChI=1S/C21H22ClN5O3/c1-29-20-14(16-7-8-27(26-16)13-4-3-9-30-12-13)5-2-6-17(20)25-18-10-19(22)24-11-15(18)21(23)28/h2,5-8,10-11,13H,3-4,9,12H2,1H3,(H2,23,28)(H,24,25). The summed E-state index contributed by atoms with van der Waals surface area (Å²) >= 11 is 6.01. The zero-order valence-electron chi connectivity index (χ0n) is 16.5. The summed E-state index contributed by atoms with van der Waals surface area (Å²) in [6.45, 7) is 1.47.